The first kappa shape index (κ1) is 18.2. The number of nitrogens with one attached hydrogen (secondary N) is 1. The predicted molar refractivity (Wildman–Crippen MR) is 95.6 cm³/mol. The Morgan fingerprint density at radius 2 is 1.23 bits per heavy atom. The van der Waals surface area contributed by atoms with Crippen LogP contribution < -0.4 is 16.8 Å². The van der Waals surface area contributed by atoms with Gasteiger partial charge in [-0.2, -0.15) is 0 Å². The normalized spacial score (nSPS) is 42.1. The first-order chi connectivity index (χ1) is 10.2. The molecule has 5 N–H and O–H groups in total. The maximum atomic E-state index is 6.25. The summed E-state index contributed by atoms with van der Waals surface area (Å²) in [5.74, 6) is 2.87. The Morgan fingerprint density at radius 3 is 1.55 bits per heavy atom. The van der Waals surface area contributed by atoms with Crippen molar-refractivity contribution < 1.29 is 0 Å². The van der Waals surface area contributed by atoms with Crippen molar-refractivity contribution in [2.24, 2.45) is 35.1 Å². The van der Waals surface area contributed by atoms with Crippen LogP contribution >= 0.6 is 0 Å². The first-order valence-electron chi connectivity index (χ1n) is 9.46. The van der Waals surface area contributed by atoms with Gasteiger partial charge >= 0.3 is 0 Å². The fourth-order valence-electron chi connectivity index (χ4n) is 4.70. The molecule has 6 unspecified atom stereocenters. The highest BCUT2D eigenvalue weighted by Crippen LogP contribution is 2.39. The van der Waals surface area contributed by atoms with E-state index >= 15 is 0 Å². The lowest BCUT2D eigenvalue weighted by Crippen LogP contribution is -2.54. The summed E-state index contributed by atoms with van der Waals surface area (Å²) in [5.41, 5.74) is 12.7. The molecule has 0 bridgehead atoms. The molecule has 0 saturated heterocycles. The van der Waals surface area contributed by atoms with Crippen LogP contribution in [0.2, 0.25) is 0 Å². The van der Waals surface area contributed by atoms with Crippen molar-refractivity contribution in [1.29, 1.82) is 0 Å². The van der Waals surface area contributed by atoms with Crippen LogP contribution in [-0.2, 0) is 0 Å². The lowest BCUT2D eigenvalue weighted by Gasteiger charge is -2.46. The molecule has 0 amide bonds. The summed E-state index contributed by atoms with van der Waals surface area (Å²) in [4.78, 5) is 0. The molecule has 0 aromatic rings. The highest BCUT2D eigenvalue weighted by atomic mass is 15.0. The second-order valence-electron chi connectivity index (χ2n) is 9.35. The van der Waals surface area contributed by atoms with Crippen molar-refractivity contribution in [3.8, 4) is 0 Å². The Kier molecular flexibility index (Phi) is 5.95. The van der Waals surface area contributed by atoms with E-state index in [1.807, 2.05) is 0 Å². The molecule has 0 aliphatic heterocycles. The van der Waals surface area contributed by atoms with Crippen LogP contribution in [0.25, 0.3) is 0 Å². The third-order valence-corrected chi connectivity index (χ3v) is 6.17. The van der Waals surface area contributed by atoms with Crippen LogP contribution in [0.15, 0.2) is 0 Å². The van der Waals surface area contributed by atoms with E-state index in [1.54, 1.807) is 0 Å². The second-order valence-corrected chi connectivity index (χ2v) is 9.35. The Hall–Kier alpha value is -0.120. The van der Waals surface area contributed by atoms with E-state index in [-0.39, 0.29) is 5.54 Å². The maximum absolute atomic E-state index is 6.25. The largest absolute Gasteiger partial charge is 0.327 e. The van der Waals surface area contributed by atoms with Gasteiger partial charge in [0.1, 0.15) is 0 Å². The molecule has 0 radical (unpaired) electrons. The Balaban J connectivity index is 2.09. The summed E-state index contributed by atoms with van der Waals surface area (Å²) in [5, 5.41) is 3.98. The van der Waals surface area contributed by atoms with Gasteiger partial charge in [-0.15, -0.1) is 0 Å². The summed E-state index contributed by atoms with van der Waals surface area (Å²) >= 11 is 0. The first-order valence-corrected chi connectivity index (χ1v) is 9.46. The molecule has 0 heterocycles. The zero-order chi connectivity index (χ0) is 16.5. The van der Waals surface area contributed by atoms with Crippen LogP contribution in [0.4, 0.5) is 0 Å². The van der Waals surface area contributed by atoms with Gasteiger partial charge in [-0.25, -0.2) is 0 Å². The van der Waals surface area contributed by atoms with Gasteiger partial charge in [-0.05, 0) is 83.0 Å². The summed E-state index contributed by atoms with van der Waals surface area (Å²) in [7, 11) is 0. The SMILES string of the molecule is CC1CC(C(NC(C)(C)C)C2CCC(N)C(C)C2)CCC1N. The van der Waals surface area contributed by atoms with Crippen LogP contribution in [-0.4, -0.2) is 23.7 Å². The van der Waals surface area contributed by atoms with Gasteiger partial charge in [-0.1, -0.05) is 13.8 Å². The van der Waals surface area contributed by atoms with Crippen molar-refractivity contribution >= 4 is 0 Å². The molecule has 2 saturated carbocycles. The van der Waals surface area contributed by atoms with E-state index in [0.717, 1.165) is 11.8 Å². The molecule has 0 spiro atoms. The molecular weight excluding hydrogens is 270 g/mol. The Morgan fingerprint density at radius 1 is 0.818 bits per heavy atom. The number of nitrogens with two attached hydrogens (primary N) is 2. The third kappa shape index (κ3) is 4.69. The molecule has 3 nitrogen and oxygen atoms in total. The minimum atomic E-state index is 0.177. The molecule has 2 aliphatic carbocycles. The van der Waals surface area contributed by atoms with Crippen LogP contribution in [0.5, 0.6) is 0 Å². The van der Waals surface area contributed by atoms with Gasteiger partial charge in [0.25, 0.3) is 0 Å². The van der Waals surface area contributed by atoms with Crippen LogP contribution in [0, 0.1) is 23.7 Å². The van der Waals surface area contributed by atoms with Crippen molar-refractivity contribution in [2.45, 2.75) is 96.8 Å². The highest BCUT2D eigenvalue weighted by molar-refractivity contribution is 4.95. The fraction of sp³-hybridized carbons (Fsp3) is 1.00. The lowest BCUT2D eigenvalue weighted by molar-refractivity contribution is 0.102. The molecule has 2 fully saturated rings. The second kappa shape index (κ2) is 7.19. The fourth-order valence-corrected chi connectivity index (χ4v) is 4.70. The van der Waals surface area contributed by atoms with Crippen molar-refractivity contribution in [3.63, 3.8) is 0 Å². The quantitative estimate of drug-likeness (QED) is 0.749. The van der Waals surface area contributed by atoms with Crippen molar-refractivity contribution in [3.05, 3.63) is 0 Å². The van der Waals surface area contributed by atoms with E-state index in [1.165, 1.54) is 38.5 Å². The molecule has 2 aliphatic rings. The summed E-state index contributed by atoms with van der Waals surface area (Å²) in [6.45, 7) is 11.6. The smallest absolute Gasteiger partial charge is 0.0129 e. The topological polar surface area (TPSA) is 64.1 Å². The molecule has 2 rings (SSSR count). The molecule has 22 heavy (non-hydrogen) atoms. The van der Waals surface area contributed by atoms with E-state index < -0.39 is 0 Å². The van der Waals surface area contributed by atoms with Crippen molar-refractivity contribution in [1.82, 2.24) is 5.32 Å². The Labute approximate surface area is 138 Å². The average molecular weight is 310 g/mol. The number of rotatable bonds is 3. The molecule has 0 aromatic carbocycles. The highest BCUT2D eigenvalue weighted by Gasteiger charge is 2.38. The zero-order valence-corrected chi connectivity index (χ0v) is 15.4. The maximum Gasteiger partial charge on any atom is 0.0129 e. The molecule has 130 valence electrons. The van der Waals surface area contributed by atoms with Gasteiger partial charge in [0, 0.05) is 23.7 Å². The van der Waals surface area contributed by atoms with E-state index in [0.29, 0.717) is 30.0 Å². The molecular formula is C19H39N3. The third-order valence-electron chi connectivity index (χ3n) is 6.17. The monoisotopic (exact) mass is 309 g/mol. The standard InChI is InChI=1S/C19H39N3/c1-12-10-14(6-8-16(12)20)18(22-19(3,4)5)15-7-9-17(21)13(2)11-15/h12-18,22H,6-11,20-21H2,1-5H3. The van der Waals surface area contributed by atoms with Crippen LogP contribution in [0.1, 0.15) is 73.1 Å². The average Bonchev–Trinajstić information content (AvgIpc) is 2.41. The van der Waals surface area contributed by atoms with Crippen LogP contribution in [0.3, 0.4) is 0 Å². The number of hydrogen-bond acceptors (Lipinski definition) is 3. The van der Waals surface area contributed by atoms with E-state index in [9.17, 15) is 0 Å². The summed E-state index contributed by atoms with van der Waals surface area (Å²) in [6, 6.07) is 1.44. The van der Waals surface area contributed by atoms with Gasteiger partial charge in [0.15, 0.2) is 0 Å². The van der Waals surface area contributed by atoms with Gasteiger partial charge in [-0.3, -0.25) is 0 Å². The molecule has 3 heteroatoms. The Bertz CT molecular complexity index is 323. The van der Waals surface area contributed by atoms with Crippen molar-refractivity contribution in [2.75, 3.05) is 0 Å². The lowest BCUT2D eigenvalue weighted by atomic mass is 9.67. The van der Waals surface area contributed by atoms with Gasteiger partial charge < -0.3 is 16.8 Å². The predicted octanol–water partition coefficient (Wildman–Crippen LogP) is 3.27. The molecule has 6 atom stereocenters. The van der Waals surface area contributed by atoms with Gasteiger partial charge in [0.05, 0.1) is 0 Å². The summed E-state index contributed by atoms with van der Waals surface area (Å²) in [6.07, 6.45) is 7.52. The van der Waals surface area contributed by atoms with E-state index in [2.05, 4.69) is 39.9 Å². The zero-order valence-electron chi connectivity index (χ0n) is 15.4. The summed E-state index contributed by atoms with van der Waals surface area (Å²) < 4.78 is 0. The van der Waals surface area contributed by atoms with E-state index in [4.69, 9.17) is 11.5 Å². The molecule has 0 aromatic heterocycles. The van der Waals surface area contributed by atoms with Gasteiger partial charge in [0.2, 0.25) is 0 Å². The minimum Gasteiger partial charge on any atom is -0.327 e. The minimum absolute atomic E-state index is 0.177. The number of hydrogen-bond donors (Lipinski definition) is 3.